The normalized spacial score (nSPS) is 12.2. The number of carboxylic acids is 1. The van der Waals surface area contributed by atoms with E-state index in [1.807, 2.05) is 31.4 Å². The van der Waals surface area contributed by atoms with Crippen LogP contribution in [0.15, 0.2) is 23.1 Å². The molecule has 0 spiro atoms. The fourth-order valence-corrected chi connectivity index (χ4v) is 2.38. The summed E-state index contributed by atoms with van der Waals surface area (Å²) in [5, 5.41) is 12.1. The molecular formula is C14H21NO3S. The molecule has 0 saturated heterocycles. The Kier molecular flexibility index (Phi) is 6.73. The zero-order chi connectivity index (χ0) is 14.3. The van der Waals surface area contributed by atoms with Crippen molar-refractivity contribution < 1.29 is 14.6 Å². The molecular weight excluding hydrogens is 262 g/mol. The molecule has 2 N–H and O–H groups in total. The molecule has 0 radical (unpaired) electrons. The Hall–Kier alpha value is -1.20. The lowest BCUT2D eigenvalue weighted by Crippen LogP contribution is -2.35. The molecule has 0 aliphatic carbocycles. The van der Waals surface area contributed by atoms with Crippen molar-refractivity contribution in [1.29, 1.82) is 0 Å². The first kappa shape index (κ1) is 15.9. The van der Waals surface area contributed by atoms with Crippen molar-refractivity contribution in [2.75, 3.05) is 13.4 Å². The minimum atomic E-state index is -0.797. The smallest absolute Gasteiger partial charge is 0.320 e. The van der Waals surface area contributed by atoms with Crippen molar-refractivity contribution in [1.82, 2.24) is 5.32 Å². The molecule has 106 valence electrons. The third-order valence-corrected chi connectivity index (χ3v) is 3.65. The summed E-state index contributed by atoms with van der Waals surface area (Å²) in [6, 6.07) is 5.45. The highest BCUT2D eigenvalue weighted by molar-refractivity contribution is 7.98. The Bertz CT molecular complexity index is 423. The first-order valence-corrected chi connectivity index (χ1v) is 7.52. The first-order valence-electron chi connectivity index (χ1n) is 6.29. The van der Waals surface area contributed by atoms with E-state index in [1.165, 1.54) is 0 Å². The molecule has 0 aliphatic rings. The lowest BCUT2D eigenvalue weighted by atomic mass is 10.1. The molecule has 4 nitrogen and oxygen atoms in total. The highest BCUT2D eigenvalue weighted by Crippen LogP contribution is 2.28. The van der Waals surface area contributed by atoms with Crippen molar-refractivity contribution in [2.24, 2.45) is 0 Å². The molecule has 0 bridgehead atoms. The summed E-state index contributed by atoms with van der Waals surface area (Å²) in [4.78, 5) is 12.1. The Morgan fingerprint density at radius 1 is 1.53 bits per heavy atom. The molecule has 1 unspecified atom stereocenters. The molecule has 0 saturated carbocycles. The third-order valence-electron chi connectivity index (χ3n) is 2.88. The number of carbonyl (C=O) groups is 1. The summed E-state index contributed by atoms with van der Waals surface area (Å²) < 4.78 is 5.31. The largest absolute Gasteiger partial charge is 0.496 e. The van der Waals surface area contributed by atoms with E-state index >= 15 is 0 Å². The van der Waals surface area contributed by atoms with Crippen LogP contribution in [0, 0.1) is 0 Å². The maximum Gasteiger partial charge on any atom is 0.320 e. The molecule has 0 aromatic heterocycles. The number of methoxy groups -OCH3 is 1. The van der Waals surface area contributed by atoms with Gasteiger partial charge in [0.05, 0.1) is 7.11 Å². The van der Waals surface area contributed by atoms with Gasteiger partial charge in [-0.1, -0.05) is 19.4 Å². The quantitative estimate of drug-likeness (QED) is 0.718. The monoisotopic (exact) mass is 283 g/mol. The van der Waals surface area contributed by atoms with E-state index in [0.29, 0.717) is 13.0 Å². The Balaban J connectivity index is 2.69. The van der Waals surface area contributed by atoms with Gasteiger partial charge in [0.15, 0.2) is 0 Å². The van der Waals surface area contributed by atoms with E-state index in [-0.39, 0.29) is 0 Å². The van der Waals surface area contributed by atoms with Crippen molar-refractivity contribution >= 4 is 17.7 Å². The predicted octanol–water partition coefficient (Wildman–Crippen LogP) is 2.76. The van der Waals surface area contributed by atoms with Gasteiger partial charge < -0.3 is 15.2 Å². The number of thioether (sulfide) groups is 1. The minimum Gasteiger partial charge on any atom is -0.496 e. The van der Waals surface area contributed by atoms with Crippen LogP contribution in [0.5, 0.6) is 5.75 Å². The molecule has 0 amide bonds. The maximum atomic E-state index is 11.0. The second kappa shape index (κ2) is 8.07. The number of aliphatic carboxylic acids is 1. The molecule has 1 aromatic rings. The topological polar surface area (TPSA) is 58.6 Å². The molecule has 0 fully saturated rings. The summed E-state index contributed by atoms with van der Waals surface area (Å²) in [7, 11) is 1.64. The van der Waals surface area contributed by atoms with Gasteiger partial charge in [0.1, 0.15) is 11.8 Å². The van der Waals surface area contributed by atoms with Crippen LogP contribution in [0.1, 0.15) is 25.3 Å². The van der Waals surface area contributed by atoms with Gasteiger partial charge in [-0.3, -0.25) is 4.79 Å². The van der Waals surface area contributed by atoms with Gasteiger partial charge in [0.25, 0.3) is 0 Å². The predicted molar refractivity (Wildman–Crippen MR) is 77.9 cm³/mol. The second-order valence-corrected chi connectivity index (χ2v) is 5.10. The van der Waals surface area contributed by atoms with E-state index in [1.54, 1.807) is 18.9 Å². The van der Waals surface area contributed by atoms with Gasteiger partial charge in [0, 0.05) is 11.4 Å². The van der Waals surface area contributed by atoms with Gasteiger partial charge in [-0.25, -0.2) is 0 Å². The second-order valence-electron chi connectivity index (χ2n) is 4.25. The first-order chi connectivity index (χ1) is 9.12. The van der Waals surface area contributed by atoms with Gasteiger partial charge in [-0.15, -0.1) is 11.8 Å². The number of hydrogen-bond donors (Lipinski definition) is 2. The standard InChI is InChI=1S/C14H21NO3S/c1-4-5-11(14(16)17)15-9-10-6-7-13(19-3)12(8-10)18-2/h6-8,11,15H,4-5,9H2,1-3H3,(H,16,17). The van der Waals surface area contributed by atoms with Crippen LogP contribution in [0.3, 0.4) is 0 Å². The molecule has 5 heteroatoms. The highest BCUT2D eigenvalue weighted by atomic mass is 32.2. The zero-order valence-electron chi connectivity index (χ0n) is 11.6. The van der Waals surface area contributed by atoms with Gasteiger partial charge in [-0.2, -0.15) is 0 Å². The molecule has 0 aliphatic heterocycles. The molecule has 19 heavy (non-hydrogen) atoms. The van der Waals surface area contributed by atoms with Crippen LogP contribution in [0.2, 0.25) is 0 Å². The number of nitrogens with one attached hydrogen (secondary N) is 1. The van der Waals surface area contributed by atoms with Gasteiger partial charge >= 0.3 is 5.97 Å². The lowest BCUT2D eigenvalue weighted by molar-refractivity contribution is -0.139. The minimum absolute atomic E-state index is 0.490. The van der Waals surface area contributed by atoms with E-state index in [0.717, 1.165) is 22.6 Å². The Morgan fingerprint density at radius 2 is 2.26 bits per heavy atom. The average molecular weight is 283 g/mol. The van der Waals surface area contributed by atoms with Crippen LogP contribution < -0.4 is 10.1 Å². The molecule has 0 heterocycles. The van der Waals surface area contributed by atoms with Gasteiger partial charge in [0.2, 0.25) is 0 Å². The summed E-state index contributed by atoms with van der Waals surface area (Å²) in [6.07, 6.45) is 3.48. The van der Waals surface area contributed by atoms with Crippen molar-refractivity contribution in [3.63, 3.8) is 0 Å². The van der Waals surface area contributed by atoms with Crippen LogP contribution in [-0.2, 0) is 11.3 Å². The number of ether oxygens (including phenoxy) is 1. The van der Waals surface area contributed by atoms with Crippen LogP contribution in [0.25, 0.3) is 0 Å². The number of carboxylic acid groups (broad SMARTS) is 1. The summed E-state index contributed by atoms with van der Waals surface area (Å²) in [6.45, 7) is 2.51. The van der Waals surface area contributed by atoms with Crippen molar-refractivity contribution in [3.05, 3.63) is 23.8 Å². The van der Waals surface area contributed by atoms with E-state index in [4.69, 9.17) is 9.84 Å². The average Bonchev–Trinajstić information content (AvgIpc) is 2.42. The number of hydrogen-bond acceptors (Lipinski definition) is 4. The Morgan fingerprint density at radius 3 is 2.79 bits per heavy atom. The van der Waals surface area contributed by atoms with Crippen LogP contribution >= 0.6 is 11.8 Å². The zero-order valence-corrected chi connectivity index (χ0v) is 12.4. The van der Waals surface area contributed by atoms with E-state index < -0.39 is 12.0 Å². The highest BCUT2D eigenvalue weighted by Gasteiger charge is 2.15. The molecule has 1 atom stereocenters. The lowest BCUT2D eigenvalue weighted by Gasteiger charge is -2.14. The number of rotatable bonds is 8. The van der Waals surface area contributed by atoms with Crippen molar-refractivity contribution in [2.45, 2.75) is 37.2 Å². The van der Waals surface area contributed by atoms with Crippen LogP contribution in [0.4, 0.5) is 0 Å². The summed E-state index contributed by atoms with van der Waals surface area (Å²) in [5.74, 6) is 0.0312. The summed E-state index contributed by atoms with van der Waals surface area (Å²) in [5.41, 5.74) is 1.03. The molecule has 1 rings (SSSR count). The van der Waals surface area contributed by atoms with E-state index in [2.05, 4.69) is 5.32 Å². The summed E-state index contributed by atoms with van der Waals surface area (Å²) >= 11 is 1.63. The van der Waals surface area contributed by atoms with Gasteiger partial charge in [-0.05, 0) is 30.4 Å². The van der Waals surface area contributed by atoms with E-state index in [9.17, 15) is 4.79 Å². The third kappa shape index (κ3) is 4.76. The SMILES string of the molecule is CCCC(NCc1ccc(SC)c(OC)c1)C(=O)O. The number of benzene rings is 1. The van der Waals surface area contributed by atoms with Crippen LogP contribution in [-0.4, -0.2) is 30.5 Å². The Labute approximate surface area is 118 Å². The fourth-order valence-electron chi connectivity index (χ4n) is 1.83. The molecule has 1 aromatic carbocycles. The maximum absolute atomic E-state index is 11.0. The fraction of sp³-hybridized carbons (Fsp3) is 0.500. The van der Waals surface area contributed by atoms with Crippen molar-refractivity contribution in [3.8, 4) is 5.75 Å².